The van der Waals surface area contributed by atoms with Gasteiger partial charge in [0.1, 0.15) is 0 Å². The third-order valence-corrected chi connectivity index (χ3v) is 4.22. The molecule has 0 aliphatic rings. The third-order valence-electron chi connectivity index (χ3n) is 3.31. The molecule has 0 aliphatic heterocycles. The molecular weight excluding hydrogens is 258 g/mol. The van der Waals surface area contributed by atoms with Crippen LogP contribution in [0.2, 0.25) is 0 Å². The number of nitrogens with zero attached hydrogens (tertiary/aromatic N) is 2. The summed E-state index contributed by atoms with van der Waals surface area (Å²) in [6.07, 6.45) is 2.51. The SMILES string of the molecule is CCC(CC)CN(CC)c1snc(N)c1OC(C)C. The van der Waals surface area contributed by atoms with Gasteiger partial charge in [-0.15, -0.1) is 0 Å². The Morgan fingerprint density at radius 3 is 2.37 bits per heavy atom. The van der Waals surface area contributed by atoms with E-state index in [1.807, 2.05) is 13.8 Å². The molecule has 1 rings (SSSR count). The quantitative estimate of drug-likeness (QED) is 0.790. The highest BCUT2D eigenvalue weighted by atomic mass is 32.1. The van der Waals surface area contributed by atoms with Crippen LogP contribution < -0.4 is 15.4 Å². The van der Waals surface area contributed by atoms with Gasteiger partial charge in [-0.1, -0.05) is 26.7 Å². The molecule has 0 fully saturated rings. The van der Waals surface area contributed by atoms with Gasteiger partial charge >= 0.3 is 0 Å². The van der Waals surface area contributed by atoms with E-state index in [0.29, 0.717) is 11.7 Å². The highest BCUT2D eigenvalue weighted by Crippen LogP contribution is 2.39. The molecule has 0 aromatic carbocycles. The number of nitrogen functional groups attached to an aromatic ring is 1. The summed E-state index contributed by atoms with van der Waals surface area (Å²) in [7, 11) is 0. The summed E-state index contributed by atoms with van der Waals surface area (Å²) in [5, 5.41) is 1.07. The number of hydrogen-bond acceptors (Lipinski definition) is 5. The predicted octanol–water partition coefficient (Wildman–Crippen LogP) is 3.78. The number of nitrogens with two attached hydrogens (primary N) is 1. The third kappa shape index (κ3) is 4.27. The molecule has 0 radical (unpaired) electrons. The van der Waals surface area contributed by atoms with Gasteiger partial charge in [-0.25, -0.2) is 0 Å². The van der Waals surface area contributed by atoms with Crippen molar-refractivity contribution >= 4 is 22.4 Å². The molecule has 0 aliphatic carbocycles. The fourth-order valence-electron chi connectivity index (χ4n) is 2.05. The Kier molecular flexibility index (Phi) is 6.42. The number of hydrogen-bond donors (Lipinski definition) is 1. The normalized spacial score (nSPS) is 11.3. The summed E-state index contributed by atoms with van der Waals surface area (Å²) in [5.74, 6) is 1.97. The molecule has 1 aromatic heterocycles. The van der Waals surface area contributed by atoms with Gasteiger partial charge < -0.3 is 15.4 Å². The summed E-state index contributed by atoms with van der Waals surface area (Å²) in [4.78, 5) is 2.34. The van der Waals surface area contributed by atoms with Gasteiger partial charge in [-0.05, 0) is 38.2 Å². The van der Waals surface area contributed by atoms with Crippen LogP contribution in [0.4, 0.5) is 10.8 Å². The highest BCUT2D eigenvalue weighted by Gasteiger charge is 2.21. The zero-order chi connectivity index (χ0) is 14.4. The second-order valence-corrected chi connectivity index (χ2v) is 5.84. The largest absolute Gasteiger partial charge is 0.484 e. The molecule has 5 heteroatoms. The van der Waals surface area contributed by atoms with Crippen LogP contribution in [0.15, 0.2) is 0 Å². The van der Waals surface area contributed by atoms with Crippen molar-refractivity contribution in [3.63, 3.8) is 0 Å². The predicted molar refractivity (Wildman–Crippen MR) is 84.2 cm³/mol. The van der Waals surface area contributed by atoms with Gasteiger partial charge in [0, 0.05) is 13.1 Å². The van der Waals surface area contributed by atoms with Gasteiger partial charge in [-0.2, -0.15) is 4.37 Å². The van der Waals surface area contributed by atoms with Crippen molar-refractivity contribution in [2.45, 2.75) is 53.6 Å². The second-order valence-electron chi connectivity index (χ2n) is 5.09. The fourth-order valence-corrected chi connectivity index (χ4v) is 2.87. The Labute approximate surface area is 121 Å². The molecule has 1 heterocycles. The summed E-state index contributed by atoms with van der Waals surface area (Å²) >= 11 is 1.44. The van der Waals surface area contributed by atoms with E-state index in [-0.39, 0.29) is 6.10 Å². The molecule has 2 N–H and O–H groups in total. The maximum Gasteiger partial charge on any atom is 0.198 e. The first-order chi connectivity index (χ1) is 9.03. The maximum absolute atomic E-state index is 5.93. The van der Waals surface area contributed by atoms with Crippen molar-refractivity contribution in [2.24, 2.45) is 5.92 Å². The average molecular weight is 285 g/mol. The van der Waals surface area contributed by atoms with Crippen molar-refractivity contribution in [2.75, 3.05) is 23.7 Å². The molecule has 0 saturated carbocycles. The summed E-state index contributed by atoms with van der Waals surface area (Å²) in [6.45, 7) is 12.7. The average Bonchev–Trinajstić information content (AvgIpc) is 2.73. The van der Waals surface area contributed by atoms with Crippen LogP contribution in [-0.2, 0) is 0 Å². The zero-order valence-corrected chi connectivity index (χ0v) is 13.6. The molecular formula is C14H27N3OS. The van der Waals surface area contributed by atoms with E-state index < -0.39 is 0 Å². The van der Waals surface area contributed by atoms with Gasteiger partial charge in [-0.3, -0.25) is 0 Å². The molecule has 0 unspecified atom stereocenters. The van der Waals surface area contributed by atoms with Crippen molar-refractivity contribution in [1.29, 1.82) is 0 Å². The van der Waals surface area contributed by atoms with E-state index >= 15 is 0 Å². The Hall–Kier alpha value is -0.970. The molecule has 0 spiro atoms. The number of aromatic nitrogens is 1. The Morgan fingerprint density at radius 1 is 1.26 bits per heavy atom. The van der Waals surface area contributed by atoms with Gasteiger partial charge in [0.15, 0.2) is 16.6 Å². The van der Waals surface area contributed by atoms with E-state index in [1.165, 1.54) is 24.4 Å². The first kappa shape index (κ1) is 16.1. The van der Waals surface area contributed by atoms with Crippen LogP contribution in [0, 0.1) is 5.92 Å². The fraction of sp³-hybridized carbons (Fsp3) is 0.786. The lowest BCUT2D eigenvalue weighted by atomic mass is 10.0. The standard InChI is InChI=1S/C14H27N3OS/c1-6-11(7-2)9-17(8-3)14-12(18-10(4)5)13(15)16-19-14/h10-11H,6-9H2,1-5H3,(H2,15,16). The molecule has 1 aromatic rings. The number of anilines is 2. The summed E-state index contributed by atoms with van der Waals surface area (Å²) in [5.41, 5.74) is 5.93. The van der Waals surface area contributed by atoms with Crippen molar-refractivity contribution in [1.82, 2.24) is 4.37 Å². The van der Waals surface area contributed by atoms with E-state index in [4.69, 9.17) is 10.5 Å². The number of rotatable bonds is 8. The summed E-state index contributed by atoms with van der Waals surface area (Å²) < 4.78 is 10.1. The topological polar surface area (TPSA) is 51.4 Å². The smallest absolute Gasteiger partial charge is 0.198 e. The van der Waals surface area contributed by atoms with Crippen LogP contribution in [0.1, 0.15) is 47.5 Å². The van der Waals surface area contributed by atoms with Crippen molar-refractivity contribution in [3.05, 3.63) is 0 Å². The van der Waals surface area contributed by atoms with E-state index in [0.717, 1.165) is 23.8 Å². The molecule has 4 nitrogen and oxygen atoms in total. The van der Waals surface area contributed by atoms with Crippen molar-refractivity contribution < 1.29 is 4.74 Å². The monoisotopic (exact) mass is 285 g/mol. The van der Waals surface area contributed by atoms with Gasteiger partial charge in [0.2, 0.25) is 0 Å². The Bertz CT molecular complexity index is 375. The second kappa shape index (κ2) is 7.58. The molecule has 0 atom stereocenters. The molecule has 110 valence electrons. The molecule has 0 bridgehead atoms. The lowest BCUT2D eigenvalue weighted by Gasteiger charge is -2.26. The summed E-state index contributed by atoms with van der Waals surface area (Å²) in [6, 6.07) is 0. The van der Waals surface area contributed by atoms with Crippen LogP contribution in [0.25, 0.3) is 0 Å². The van der Waals surface area contributed by atoms with Gasteiger partial charge in [0.25, 0.3) is 0 Å². The first-order valence-electron chi connectivity index (χ1n) is 7.20. The minimum atomic E-state index is 0.115. The Morgan fingerprint density at radius 2 is 1.89 bits per heavy atom. The Balaban J connectivity index is 2.91. The van der Waals surface area contributed by atoms with Crippen LogP contribution in [0.3, 0.4) is 0 Å². The van der Waals surface area contributed by atoms with Crippen LogP contribution >= 0.6 is 11.5 Å². The molecule has 0 saturated heterocycles. The zero-order valence-electron chi connectivity index (χ0n) is 12.8. The van der Waals surface area contributed by atoms with E-state index in [1.54, 1.807) is 0 Å². The minimum absolute atomic E-state index is 0.115. The van der Waals surface area contributed by atoms with Crippen molar-refractivity contribution in [3.8, 4) is 5.75 Å². The van der Waals surface area contributed by atoms with Crippen LogP contribution in [0.5, 0.6) is 5.75 Å². The first-order valence-corrected chi connectivity index (χ1v) is 7.97. The van der Waals surface area contributed by atoms with Crippen LogP contribution in [-0.4, -0.2) is 23.6 Å². The van der Waals surface area contributed by atoms with E-state index in [9.17, 15) is 0 Å². The lowest BCUT2D eigenvalue weighted by Crippen LogP contribution is -2.28. The highest BCUT2D eigenvalue weighted by molar-refractivity contribution is 7.11. The lowest BCUT2D eigenvalue weighted by molar-refractivity contribution is 0.244. The number of ether oxygens (including phenoxy) is 1. The van der Waals surface area contributed by atoms with E-state index in [2.05, 4.69) is 30.0 Å². The molecule has 0 amide bonds. The maximum atomic E-state index is 5.93. The minimum Gasteiger partial charge on any atom is -0.484 e. The molecule has 19 heavy (non-hydrogen) atoms. The van der Waals surface area contributed by atoms with Gasteiger partial charge in [0.05, 0.1) is 6.10 Å².